The predicted octanol–water partition coefficient (Wildman–Crippen LogP) is 5.10. The van der Waals surface area contributed by atoms with E-state index in [1.807, 2.05) is 34.6 Å². The lowest BCUT2D eigenvalue weighted by molar-refractivity contribution is -0.138. The molecule has 2 heterocycles. The maximum absolute atomic E-state index is 13.8. The van der Waals surface area contributed by atoms with Crippen molar-refractivity contribution in [2.24, 2.45) is 5.92 Å². The lowest BCUT2D eigenvalue weighted by atomic mass is 9.88. The molecule has 8 heteroatoms. The lowest BCUT2D eigenvalue weighted by Crippen LogP contribution is -2.41. The van der Waals surface area contributed by atoms with Crippen LogP contribution in [0.1, 0.15) is 74.5 Å². The van der Waals surface area contributed by atoms with Crippen molar-refractivity contribution < 1.29 is 27.3 Å². The summed E-state index contributed by atoms with van der Waals surface area (Å²) in [7, 11) is -0.648. The van der Waals surface area contributed by atoms with Crippen molar-refractivity contribution in [1.82, 2.24) is 4.90 Å². The van der Waals surface area contributed by atoms with Gasteiger partial charge in [-0.25, -0.2) is 0 Å². The minimum Gasteiger partial charge on any atom is -0.400 e. The molecule has 1 atom stereocenters. The van der Waals surface area contributed by atoms with Gasteiger partial charge in [-0.1, -0.05) is 12.1 Å². The van der Waals surface area contributed by atoms with E-state index in [4.69, 9.17) is 9.31 Å². The molecule has 1 aromatic rings. The van der Waals surface area contributed by atoms with E-state index >= 15 is 0 Å². The standard InChI is InChI=1S/C22H27BF3NO3/c1-13(15-6-7-15)27-12-16-10-14(11-17(22(24,25)26)18(16)19(27)28)8-9-23-29-20(2,3)21(4,5)30-23/h8-11,13,15H,6-7,12H2,1-5H3/b9-8+/t13-/m0/s1. The zero-order chi connectivity index (χ0) is 22.1. The van der Waals surface area contributed by atoms with Crippen molar-refractivity contribution in [3.8, 4) is 0 Å². The second kappa shape index (κ2) is 6.85. The number of rotatable bonds is 4. The van der Waals surface area contributed by atoms with Crippen LogP contribution in [0.15, 0.2) is 18.1 Å². The van der Waals surface area contributed by atoms with E-state index < -0.39 is 36.0 Å². The van der Waals surface area contributed by atoms with Crippen molar-refractivity contribution in [1.29, 1.82) is 0 Å². The molecule has 0 bridgehead atoms. The summed E-state index contributed by atoms with van der Waals surface area (Å²) in [6, 6.07) is 2.67. The van der Waals surface area contributed by atoms with Crippen molar-refractivity contribution in [2.45, 2.75) is 77.4 Å². The highest BCUT2D eigenvalue weighted by Crippen LogP contribution is 2.42. The molecule has 1 saturated heterocycles. The Labute approximate surface area is 175 Å². The van der Waals surface area contributed by atoms with Crippen LogP contribution in [-0.2, 0) is 22.0 Å². The SMILES string of the molecule is C[C@@H](C1CC1)N1Cc2cc(/C=C/B3OC(C)(C)C(C)(C)O3)cc(C(F)(F)F)c2C1=O. The molecule has 4 nitrogen and oxygen atoms in total. The van der Waals surface area contributed by atoms with Gasteiger partial charge in [0, 0.05) is 12.6 Å². The van der Waals surface area contributed by atoms with Crippen LogP contribution in [0, 0.1) is 5.92 Å². The van der Waals surface area contributed by atoms with Gasteiger partial charge in [0.15, 0.2) is 0 Å². The van der Waals surface area contributed by atoms with Crippen LogP contribution < -0.4 is 0 Å². The molecule has 162 valence electrons. The Morgan fingerprint density at radius 2 is 1.77 bits per heavy atom. The van der Waals surface area contributed by atoms with Crippen LogP contribution >= 0.6 is 0 Å². The number of halogens is 3. The topological polar surface area (TPSA) is 38.8 Å². The first kappa shape index (κ1) is 21.4. The Kier molecular flexibility index (Phi) is 4.90. The fourth-order valence-electron chi connectivity index (χ4n) is 4.14. The Bertz CT molecular complexity index is 890. The Morgan fingerprint density at radius 3 is 2.30 bits per heavy atom. The van der Waals surface area contributed by atoms with Gasteiger partial charge in [-0.3, -0.25) is 4.79 Å². The van der Waals surface area contributed by atoms with E-state index in [0.29, 0.717) is 17.0 Å². The average molecular weight is 421 g/mol. The minimum absolute atomic E-state index is 0.0465. The predicted molar refractivity (Wildman–Crippen MR) is 109 cm³/mol. The number of amides is 1. The van der Waals surface area contributed by atoms with Crippen molar-refractivity contribution in [3.63, 3.8) is 0 Å². The monoisotopic (exact) mass is 421 g/mol. The van der Waals surface area contributed by atoms with E-state index in [2.05, 4.69) is 0 Å². The summed E-state index contributed by atoms with van der Waals surface area (Å²) in [5.41, 5.74) is -1.32. The fourth-order valence-corrected chi connectivity index (χ4v) is 4.14. The summed E-state index contributed by atoms with van der Waals surface area (Å²) < 4.78 is 53.2. The molecule has 1 saturated carbocycles. The number of carbonyl (C=O) groups excluding carboxylic acids is 1. The number of nitrogens with zero attached hydrogens (tertiary/aromatic N) is 1. The first-order valence-electron chi connectivity index (χ1n) is 10.4. The summed E-state index contributed by atoms with van der Waals surface area (Å²) in [4.78, 5) is 14.4. The summed E-state index contributed by atoms with van der Waals surface area (Å²) in [6.45, 7) is 9.80. The van der Waals surface area contributed by atoms with E-state index in [9.17, 15) is 18.0 Å². The molecule has 0 N–H and O–H groups in total. The van der Waals surface area contributed by atoms with Gasteiger partial charge in [0.05, 0.1) is 22.3 Å². The van der Waals surface area contributed by atoms with Gasteiger partial charge in [0.2, 0.25) is 0 Å². The molecule has 4 rings (SSSR count). The van der Waals surface area contributed by atoms with Crippen LogP contribution in [-0.4, -0.2) is 35.2 Å². The Balaban J connectivity index is 1.64. The van der Waals surface area contributed by atoms with Gasteiger partial charge in [-0.2, -0.15) is 13.2 Å². The summed E-state index contributed by atoms with van der Waals surface area (Å²) in [5, 5.41) is 0. The first-order valence-corrected chi connectivity index (χ1v) is 10.4. The maximum Gasteiger partial charge on any atom is 0.487 e. The molecule has 0 aromatic heterocycles. The molecule has 2 aliphatic heterocycles. The third-order valence-electron chi connectivity index (χ3n) is 6.88. The molecule has 1 aromatic carbocycles. The van der Waals surface area contributed by atoms with Crippen LogP contribution in [0.4, 0.5) is 13.2 Å². The third-order valence-corrected chi connectivity index (χ3v) is 6.88. The van der Waals surface area contributed by atoms with Gasteiger partial charge in [0.25, 0.3) is 5.91 Å². The lowest BCUT2D eigenvalue weighted by Gasteiger charge is -2.32. The number of alkyl halides is 3. The highest BCUT2D eigenvalue weighted by molar-refractivity contribution is 6.52. The van der Waals surface area contributed by atoms with Crippen LogP contribution in [0.25, 0.3) is 6.08 Å². The average Bonchev–Trinajstić information content (AvgIpc) is 3.37. The number of hydrogen-bond donors (Lipinski definition) is 0. The molecule has 0 unspecified atom stereocenters. The molecule has 1 aliphatic carbocycles. The number of benzene rings is 1. The fraction of sp³-hybridized carbons (Fsp3) is 0.591. The second-order valence-corrected chi connectivity index (χ2v) is 9.60. The van der Waals surface area contributed by atoms with Crippen LogP contribution in [0.3, 0.4) is 0 Å². The number of fused-ring (bicyclic) bond motifs is 1. The van der Waals surface area contributed by atoms with Crippen LogP contribution in [0.5, 0.6) is 0 Å². The molecule has 2 fully saturated rings. The minimum atomic E-state index is -4.60. The highest BCUT2D eigenvalue weighted by Gasteiger charge is 2.50. The zero-order valence-electron chi connectivity index (χ0n) is 18.0. The largest absolute Gasteiger partial charge is 0.487 e. The molecule has 0 spiro atoms. The number of hydrogen-bond acceptors (Lipinski definition) is 3. The molecule has 0 radical (unpaired) electrons. The van der Waals surface area contributed by atoms with Gasteiger partial charge in [-0.15, -0.1) is 0 Å². The van der Waals surface area contributed by atoms with Gasteiger partial charge >= 0.3 is 13.3 Å². The zero-order valence-corrected chi connectivity index (χ0v) is 18.0. The smallest absolute Gasteiger partial charge is 0.400 e. The van der Waals surface area contributed by atoms with Crippen molar-refractivity contribution in [2.75, 3.05) is 0 Å². The molecule has 30 heavy (non-hydrogen) atoms. The Morgan fingerprint density at radius 1 is 1.17 bits per heavy atom. The third kappa shape index (κ3) is 3.69. The number of carbonyl (C=O) groups is 1. The highest BCUT2D eigenvalue weighted by atomic mass is 19.4. The summed E-state index contributed by atoms with van der Waals surface area (Å²) in [6.07, 6.45) is -0.979. The van der Waals surface area contributed by atoms with E-state index in [-0.39, 0.29) is 18.2 Å². The van der Waals surface area contributed by atoms with E-state index in [0.717, 1.165) is 18.9 Å². The second-order valence-electron chi connectivity index (χ2n) is 9.60. The van der Waals surface area contributed by atoms with Crippen molar-refractivity contribution in [3.05, 3.63) is 40.4 Å². The molecule has 1 amide bonds. The Hall–Kier alpha value is -1.80. The van der Waals surface area contributed by atoms with E-state index in [1.165, 1.54) is 0 Å². The molecular formula is C22H27BF3NO3. The van der Waals surface area contributed by atoms with Gasteiger partial charge < -0.3 is 14.2 Å². The summed E-state index contributed by atoms with van der Waals surface area (Å²) in [5.74, 6) is 1.50. The first-order chi connectivity index (χ1) is 13.8. The van der Waals surface area contributed by atoms with Crippen LogP contribution in [0.2, 0.25) is 0 Å². The quantitative estimate of drug-likeness (QED) is 0.635. The maximum atomic E-state index is 13.8. The van der Waals surface area contributed by atoms with Gasteiger partial charge in [-0.05, 0) is 76.6 Å². The van der Waals surface area contributed by atoms with E-state index in [1.54, 1.807) is 23.0 Å². The summed E-state index contributed by atoms with van der Waals surface area (Å²) >= 11 is 0. The normalized spacial score (nSPS) is 24.1. The molecule has 3 aliphatic rings. The molecular weight excluding hydrogens is 394 g/mol. The van der Waals surface area contributed by atoms with Gasteiger partial charge in [0.1, 0.15) is 0 Å². The van der Waals surface area contributed by atoms with Crippen molar-refractivity contribution >= 4 is 19.1 Å².